The standard InChI is InChI=1S/C14H19N3/c1-3-17-8-6-13(11-17)9-16-12(2)14-5-4-7-15-10-14/h4-8,10-12,16H,3,9H2,1-2H3/t12-/m1/s1. The van der Waals surface area contributed by atoms with Crippen LogP contribution in [0.1, 0.15) is 31.0 Å². The summed E-state index contributed by atoms with van der Waals surface area (Å²) in [6.45, 7) is 6.23. The maximum absolute atomic E-state index is 4.13. The molecule has 0 amide bonds. The van der Waals surface area contributed by atoms with E-state index in [0.29, 0.717) is 6.04 Å². The van der Waals surface area contributed by atoms with Crippen molar-refractivity contribution in [1.82, 2.24) is 14.9 Å². The molecule has 3 nitrogen and oxygen atoms in total. The molecule has 2 aromatic rings. The van der Waals surface area contributed by atoms with E-state index in [1.54, 1.807) is 6.20 Å². The molecule has 0 aliphatic heterocycles. The molecule has 0 aliphatic carbocycles. The van der Waals surface area contributed by atoms with Crippen molar-refractivity contribution < 1.29 is 0 Å². The zero-order valence-corrected chi connectivity index (χ0v) is 10.4. The van der Waals surface area contributed by atoms with Crippen LogP contribution in [0.25, 0.3) is 0 Å². The third kappa shape index (κ3) is 3.17. The fourth-order valence-electron chi connectivity index (χ4n) is 1.81. The third-order valence-electron chi connectivity index (χ3n) is 2.97. The van der Waals surface area contributed by atoms with Crippen LogP contribution in [0.3, 0.4) is 0 Å². The van der Waals surface area contributed by atoms with Crippen LogP contribution in [0.15, 0.2) is 43.0 Å². The number of aryl methyl sites for hydroxylation is 1. The first-order valence-electron chi connectivity index (χ1n) is 6.07. The van der Waals surface area contributed by atoms with E-state index in [9.17, 15) is 0 Å². The van der Waals surface area contributed by atoms with Crippen LogP contribution in [0.4, 0.5) is 0 Å². The van der Waals surface area contributed by atoms with Crippen molar-refractivity contribution in [2.24, 2.45) is 0 Å². The number of rotatable bonds is 5. The smallest absolute Gasteiger partial charge is 0.0315 e. The van der Waals surface area contributed by atoms with Gasteiger partial charge in [0.05, 0.1) is 0 Å². The second kappa shape index (κ2) is 5.64. The fourth-order valence-corrected chi connectivity index (χ4v) is 1.81. The molecule has 0 saturated heterocycles. The van der Waals surface area contributed by atoms with Crippen molar-refractivity contribution in [1.29, 1.82) is 0 Å². The maximum atomic E-state index is 4.13. The van der Waals surface area contributed by atoms with Gasteiger partial charge in [-0.15, -0.1) is 0 Å². The van der Waals surface area contributed by atoms with E-state index in [-0.39, 0.29) is 0 Å². The first kappa shape index (κ1) is 11.9. The number of hydrogen-bond donors (Lipinski definition) is 1. The number of hydrogen-bond acceptors (Lipinski definition) is 2. The Morgan fingerprint density at radius 2 is 2.29 bits per heavy atom. The van der Waals surface area contributed by atoms with Gasteiger partial charge in [0, 0.05) is 43.9 Å². The summed E-state index contributed by atoms with van der Waals surface area (Å²) in [7, 11) is 0. The van der Waals surface area contributed by atoms with Crippen LogP contribution in [0, 0.1) is 0 Å². The minimum absolute atomic E-state index is 0.327. The number of aromatic nitrogens is 2. The van der Waals surface area contributed by atoms with Gasteiger partial charge < -0.3 is 9.88 Å². The zero-order valence-electron chi connectivity index (χ0n) is 10.4. The molecule has 0 spiro atoms. The summed E-state index contributed by atoms with van der Waals surface area (Å²) in [5, 5.41) is 3.50. The largest absolute Gasteiger partial charge is 0.354 e. The Morgan fingerprint density at radius 1 is 1.41 bits per heavy atom. The van der Waals surface area contributed by atoms with Gasteiger partial charge in [0.1, 0.15) is 0 Å². The lowest BCUT2D eigenvalue weighted by molar-refractivity contribution is 0.572. The Kier molecular flexibility index (Phi) is 3.94. The van der Waals surface area contributed by atoms with Gasteiger partial charge in [-0.3, -0.25) is 4.98 Å². The lowest BCUT2D eigenvalue weighted by Gasteiger charge is -2.12. The molecule has 2 aromatic heterocycles. The van der Waals surface area contributed by atoms with E-state index in [0.717, 1.165) is 13.1 Å². The monoisotopic (exact) mass is 229 g/mol. The Labute approximate surface area is 103 Å². The van der Waals surface area contributed by atoms with E-state index < -0.39 is 0 Å². The summed E-state index contributed by atoms with van der Waals surface area (Å²) in [5.74, 6) is 0. The van der Waals surface area contributed by atoms with Gasteiger partial charge in [-0.25, -0.2) is 0 Å². The summed E-state index contributed by atoms with van der Waals surface area (Å²) in [6.07, 6.45) is 8.02. The molecule has 0 aliphatic rings. The lowest BCUT2D eigenvalue weighted by Crippen LogP contribution is -2.17. The van der Waals surface area contributed by atoms with Gasteiger partial charge in [-0.05, 0) is 37.1 Å². The normalized spacial score (nSPS) is 12.6. The molecule has 0 aromatic carbocycles. The minimum Gasteiger partial charge on any atom is -0.354 e. The van der Waals surface area contributed by atoms with Crippen molar-refractivity contribution in [2.45, 2.75) is 33.0 Å². The summed E-state index contributed by atoms with van der Waals surface area (Å²) in [6, 6.07) is 6.56. The Hall–Kier alpha value is -1.61. The van der Waals surface area contributed by atoms with E-state index >= 15 is 0 Å². The summed E-state index contributed by atoms with van der Waals surface area (Å²) < 4.78 is 2.19. The van der Waals surface area contributed by atoms with Crippen molar-refractivity contribution in [3.05, 3.63) is 54.1 Å². The molecular formula is C14H19N3. The average Bonchev–Trinajstić information content (AvgIpc) is 2.85. The van der Waals surface area contributed by atoms with Crippen LogP contribution in [-0.4, -0.2) is 9.55 Å². The maximum Gasteiger partial charge on any atom is 0.0315 e. The van der Waals surface area contributed by atoms with Gasteiger partial charge >= 0.3 is 0 Å². The molecule has 0 unspecified atom stereocenters. The van der Waals surface area contributed by atoms with E-state index in [1.165, 1.54) is 11.1 Å². The molecule has 0 fully saturated rings. The average molecular weight is 229 g/mol. The van der Waals surface area contributed by atoms with Gasteiger partial charge in [0.15, 0.2) is 0 Å². The summed E-state index contributed by atoms with van der Waals surface area (Å²) in [5.41, 5.74) is 2.55. The van der Waals surface area contributed by atoms with E-state index in [1.807, 2.05) is 12.3 Å². The molecule has 1 N–H and O–H groups in total. The SMILES string of the molecule is CCn1ccc(CN[C@H](C)c2cccnc2)c1. The van der Waals surface area contributed by atoms with Crippen molar-refractivity contribution in [2.75, 3.05) is 0 Å². The van der Waals surface area contributed by atoms with E-state index in [2.05, 4.69) is 53.2 Å². The molecule has 17 heavy (non-hydrogen) atoms. The molecule has 0 radical (unpaired) electrons. The molecule has 90 valence electrons. The highest BCUT2D eigenvalue weighted by molar-refractivity contribution is 5.14. The van der Waals surface area contributed by atoms with Gasteiger partial charge in [0.2, 0.25) is 0 Å². The topological polar surface area (TPSA) is 29.9 Å². The highest BCUT2D eigenvalue weighted by Crippen LogP contribution is 2.11. The predicted octanol–water partition coefficient (Wildman–Crippen LogP) is 2.75. The van der Waals surface area contributed by atoms with Crippen LogP contribution < -0.4 is 5.32 Å². The highest BCUT2D eigenvalue weighted by atomic mass is 14.9. The Morgan fingerprint density at radius 3 is 2.94 bits per heavy atom. The van der Waals surface area contributed by atoms with Crippen LogP contribution in [-0.2, 0) is 13.1 Å². The molecule has 2 rings (SSSR count). The first-order chi connectivity index (χ1) is 8.29. The molecule has 0 bridgehead atoms. The number of nitrogens with zero attached hydrogens (tertiary/aromatic N) is 2. The van der Waals surface area contributed by atoms with Crippen LogP contribution >= 0.6 is 0 Å². The van der Waals surface area contributed by atoms with Crippen molar-refractivity contribution in [3.8, 4) is 0 Å². The van der Waals surface area contributed by atoms with Gasteiger partial charge in [-0.1, -0.05) is 6.07 Å². The second-order valence-corrected chi connectivity index (χ2v) is 4.24. The lowest BCUT2D eigenvalue weighted by atomic mass is 10.1. The molecular weight excluding hydrogens is 210 g/mol. The quantitative estimate of drug-likeness (QED) is 0.854. The summed E-state index contributed by atoms with van der Waals surface area (Å²) in [4.78, 5) is 4.13. The Balaban J connectivity index is 1.90. The Bertz CT molecular complexity index is 448. The number of pyridine rings is 1. The van der Waals surface area contributed by atoms with Crippen molar-refractivity contribution in [3.63, 3.8) is 0 Å². The molecule has 1 atom stereocenters. The van der Waals surface area contributed by atoms with Gasteiger partial charge in [-0.2, -0.15) is 0 Å². The zero-order chi connectivity index (χ0) is 12.1. The van der Waals surface area contributed by atoms with Crippen molar-refractivity contribution >= 4 is 0 Å². The van der Waals surface area contributed by atoms with Gasteiger partial charge in [0.25, 0.3) is 0 Å². The fraction of sp³-hybridized carbons (Fsp3) is 0.357. The molecule has 3 heteroatoms. The first-order valence-corrected chi connectivity index (χ1v) is 6.07. The highest BCUT2D eigenvalue weighted by Gasteiger charge is 2.04. The summed E-state index contributed by atoms with van der Waals surface area (Å²) >= 11 is 0. The van der Waals surface area contributed by atoms with Crippen LogP contribution in [0.5, 0.6) is 0 Å². The molecule has 0 saturated carbocycles. The number of nitrogens with one attached hydrogen (secondary N) is 1. The minimum atomic E-state index is 0.327. The second-order valence-electron chi connectivity index (χ2n) is 4.24. The van der Waals surface area contributed by atoms with Crippen LogP contribution in [0.2, 0.25) is 0 Å². The molecule has 2 heterocycles. The third-order valence-corrected chi connectivity index (χ3v) is 2.97. The predicted molar refractivity (Wildman–Crippen MR) is 69.6 cm³/mol. The van der Waals surface area contributed by atoms with E-state index in [4.69, 9.17) is 0 Å².